The van der Waals surface area contributed by atoms with Gasteiger partial charge in [-0.1, -0.05) is 23.4 Å². The van der Waals surface area contributed by atoms with Crippen molar-refractivity contribution in [3.63, 3.8) is 0 Å². The van der Waals surface area contributed by atoms with Crippen molar-refractivity contribution in [2.24, 2.45) is 0 Å². The molecule has 6 nitrogen and oxygen atoms in total. The second-order valence-electron chi connectivity index (χ2n) is 5.94. The summed E-state index contributed by atoms with van der Waals surface area (Å²) in [5.74, 6) is 0.233. The van der Waals surface area contributed by atoms with E-state index < -0.39 is 17.6 Å². The number of carbonyl (C=O) groups is 1. The van der Waals surface area contributed by atoms with Crippen LogP contribution in [0, 0.1) is 0 Å². The van der Waals surface area contributed by atoms with Crippen LogP contribution in [0.3, 0.4) is 0 Å². The molecule has 0 aliphatic rings. The van der Waals surface area contributed by atoms with Gasteiger partial charge >= 0.3 is 6.18 Å². The number of hydrogen-bond acceptors (Lipinski definition) is 6. The van der Waals surface area contributed by atoms with Crippen molar-refractivity contribution in [3.05, 3.63) is 47.1 Å². The summed E-state index contributed by atoms with van der Waals surface area (Å²) < 4.78 is 49.4. The van der Waals surface area contributed by atoms with Crippen LogP contribution in [0.5, 0.6) is 11.5 Å². The lowest BCUT2D eigenvalue weighted by Gasteiger charge is -2.13. The Morgan fingerprint density at radius 3 is 2.63 bits per heavy atom. The minimum atomic E-state index is -4.55. The summed E-state index contributed by atoms with van der Waals surface area (Å²) >= 11 is 6.97. The fraction of sp³-hybridized carbons (Fsp3) is 0.211. The van der Waals surface area contributed by atoms with E-state index in [2.05, 4.69) is 15.5 Å². The maximum atomic E-state index is 12.9. The van der Waals surface area contributed by atoms with E-state index in [1.54, 1.807) is 18.3 Å². The van der Waals surface area contributed by atoms with Gasteiger partial charge in [-0.05, 0) is 30.3 Å². The van der Waals surface area contributed by atoms with E-state index in [1.807, 2.05) is 0 Å². The number of halogens is 4. The number of nitrogens with one attached hydrogen (secondary N) is 1. The molecular weight excluding hydrogens is 443 g/mol. The van der Waals surface area contributed by atoms with Gasteiger partial charge in [0.25, 0.3) is 0 Å². The van der Waals surface area contributed by atoms with Gasteiger partial charge in [-0.3, -0.25) is 4.79 Å². The lowest BCUT2D eigenvalue weighted by Crippen LogP contribution is -2.15. The van der Waals surface area contributed by atoms with E-state index in [0.717, 1.165) is 35.3 Å². The number of ether oxygens (including phenoxy) is 2. The van der Waals surface area contributed by atoms with E-state index in [9.17, 15) is 18.0 Å². The number of thioether (sulfide) groups is 1. The first-order valence-electron chi connectivity index (χ1n) is 8.40. The van der Waals surface area contributed by atoms with Crippen molar-refractivity contribution in [2.45, 2.75) is 11.2 Å². The molecule has 1 amide bonds. The average Bonchev–Trinajstić information content (AvgIpc) is 2.71. The Morgan fingerprint density at radius 1 is 1.20 bits per heavy atom. The third kappa shape index (κ3) is 4.71. The third-order valence-corrected chi connectivity index (χ3v) is 5.34. The number of alkyl halides is 3. The molecular formula is C19H15ClF3N3O3S. The van der Waals surface area contributed by atoms with Gasteiger partial charge in [0.05, 0.1) is 47.8 Å². The van der Waals surface area contributed by atoms with Crippen molar-refractivity contribution in [2.75, 3.05) is 25.3 Å². The number of fused-ring (bicyclic) bond motifs is 1. The van der Waals surface area contributed by atoms with Crippen molar-refractivity contribution in [3.8, 4) is 11.5 Å². The van der Waals surface area contributed by atoms with Crippen LogP contribution in [-0.4, -0.2) is 36.1 Å². The molecule has 11 heteroatoms. The van der Waals surface area contributed by atoms with E-state index in [1.165, 1.54) is 14.2 Å². The predicted octanol–water partition coefficient (Wildman–Crippen LogP) is 5.05. The molecule has 3 aromatic rings. The van der Waals surface area contributed by atoms with Gasteiger partial charge in [-0.15, -0.1) is 5.10 Å². The molecule has 0 saturated carbocycles. The van der Waals surface area contributed by atoms with Crippen LogP contribution in [0.4, 0.5) is 18.9 Å². The first-order chi connectivity index (χ1) is 14.2. The predicted molar refractivity (Wildman–Crippen MR) is 108 cm³/mol. The molecule has 0 radical (unpaired) electrons. The zero-order chi connectivity index (χ0) is 21.9. The molecule has 1 N–H and O–H groups in total. The number of carbonyl (C=O) groups excluding carboxylic acids is 1. The zero-order valence-corrected chi connectivity index (χ0v) is 17.3. The van der Waals surface area contributed by atoms with E-state index >= 15 is 0 Å². The SMILES string of the molecule is COc1ccc2cnnc(SCC(=O)Nc3cc(C(F)(F)F)ccc3Cl)c2c1OC. The second kappa shape index (κ2) is 8.97. The Balaban J connectivity index is 1.81. The highest BCUT2D eigenvalue weighted by Gasteiger charge is 2.31. The Hall–Kier alpha value is -2.72. The first-order valence-corrected chi connectivity index (χ1v) is 9.76. The summed E-state index contributed by atoms with van der Waals surface area (Å²) in [6.07, 6.45) is -3.00. The molecule has 0 aliphatic carbocycles. The lowest BCUT2D eigenvalue weighted by molar-refractivity contribution is -0.137. The number of methoxy groups -OCH3 is 2. The first kappa shape index (κ1) is 22.0. The summed E-state index contributed by atoms with van der Waals surface area (Å²) in [5.41, 5.74) is -1.04. The fourth-order valence-corrected chi connectivity index (χ4v) is 3.65. The molecule has 0 aliphatic heterocycles. The molecule has 0 atom stereocenters. The molecule has 0 fully saturated rings. The van der Waals surface area contributed by atoms with Crippen molar-refractivity contribution >= 4 is 45.7 Å². The minimum absolute atomic E-state index is 0.00212. The highest BCUT2D eigenvalue weighted by atomic mass is 35.5. The van der Waals surface area contributed by atoms with Gasteiger partial charge in [0, 0.05) is 5.39 Å². The monoisotopic (exact) mass is 457 g/mol. The van der Waals surface area contributed by atoms with Crippen LogP contribution >= 0.6 is 23.4 Å². The highest BCUT2D eigenvalue weighted by Crippen LogP contribution is 2.39. The molecule has 1 heterocycles. The van der Waals surface area contributed by atoms with E-state index in [4.69, 9.17) is 21.1 Å². The summed E-state index contributed by atoms with van der Waals surface area (Å²) in [4.78, 5) is 12.3. The molecule has 3 rings (SSSR count). The molecule has 0 bridgehead atoms. The van der Waals surface area contributed by atoms with Crippen LogP contribution in [0.15, 0.2) is 41.6 Å². The van der Waals surface area contributed by atoms with Crippen molar-refractivity contribution < 1.29 is 27.4 Å². The summed E-state index contributed by atoms with van der Waals surface area (Å²) in [6, 6.07) is 6.21. The maximum Gasteiger partial charge on any atom is 0.416 e. The second-order valence-corrected chi connectivity index (χ2v) is 7.32. The molecule has 158 valence electrons. The van der Waals surface area contributed by atoms with Crippen LogP contribution in [0.25, 0.3) is 10.8 Å². The van der Waals surface area contributed by atoms with Crippen LogP contribution in [0.2, 0.25) is 5.02 Å². The standard InChI is InChI=1S/C19H15ClF3N3O3S/c1-28-14-6-3-10-8-24-26-18(16(10)17(14)29-2)30-9-15(27)25-13-7-11(19(21,22)23)4-5-12(13)20/h3-8H,9H2,1-2H3,(H,25,27). The van der Waals surface area contributed by atoms with Gasteiger partial charge in [-0.25, -0.2) is 0 Å². The Morgan fingerprint density at radius 2 is 1.97 bits per heavy atom. The Kier molecular flexibility index (Phi) is 6.57. The summed E-state index contributed by atoms with van der Waals surface area (Å²) in [5, 5.41) is 12.1. The average molecular weight is 458 g/mol. The quantitative estimate of drug-likeness (QED) is 0.522. The molecule has 0 spiro atoms. The number of anilines is 1. The van der Waals surface area contributed by atoms with Crippen LogP contribution in [-0.2, 0) is 11.0 Å². The molecule has 30 heavy (non-hydrogen) atoms. The number of nitrogens with zero attached hydrogens (tertiary/aromatic N) is 2. The summed E-state index contributed by atoms with van der Waals surface area (Å²) in [6.45, 7) is 0. The van der Waals surface area contributed by atoms with E-state index in [-0.39, 0.29) is 16.5 Å². The smallest absolute Gasteiger partial charge is 0.416 e. The Labute approximate surface area is 178 Å². The van der Waals surface area contributed by atoms with Crippen LogP contribution in [0.1, 0.15) is 5.56 Å². The topological polar surface area (TPSA) is 73.3 Å². The molecule has 0 saturated heterocycles. The molecule has 0 unspecified atom stereocenters. The molecule has 2 aromatic carbocycles. The fourth-order valence-electron chi connectivity index (χ4n) is 2.68. The largest absolute Gasteiger partial charge is 0.493 e. The number of amides is 1. The van der Waals surface area contributed by atoms with Crippen LogP contribution < -0.4 is 14.8 Å². The van der Waals surface area contributed by atoms with Gasteiger partial charge < -0.3 is 14.8 Å². The maximum absolute atomic E-state index is 12.9. The van der Waals surface area contributed by atoms with Crippen molar-refractivity contribution in [1.29, 1.82) is 0 Å². The lowest BCUT2D eigenvalue weighted by atomic mass is 10.2. The van der Waals surface area contributed by atoms with E-state index in [0.29, 0.717) is 21.9 Å². The number of hydrogen-bond donors (Lipinski definition) is 1. The number of rotatable bonds is 6. The van der Waals surface area contributed by atoms with Gasteiger partial charge in [0.2, 0.25) is 5.91 Å². The van der Waals surface area contributed by atoms with Crippen molar-refractivity contribution in [1.82, 2.24) is 10.2 Å². The summed E-state index contributed by atoms with van der Waals surface area (Å²) in [7, 11) is 2.98. The zero-order valence-electron chi connectivity index (χ0n) is 15.7. The number of aromatic nitrogens is 2. The number of benzene rings is 2. The Bertz CT molecular complexity index is 1100. The highest BCUT2D eigenvalue weighted by molar-refractivity contribution is 8.00. The van der Waals surface area contributed by atoms with Gasteiger partial charge in [0.1, 0.15) is 5.03 Å². The third-order valence-electron chi connectivity index (χ3n) is 4.04. The van der Waals surface area contributed by atoms with Gasteiger partial charge in [0.15, 0.2) is 11.5 Å². The molecule has 1 aromatic heterocycles. The minimum Gasteiger partial charge on any atom is -0.493 e. The normalized spacial score (nSPS) is 11.4. The van der Waals surface area contributed by atoms with Gasteiger partial charge in [-0.2, -0.15) is 18.3 Å².